The molecule has 17 heavy (non-hydrogen) atoms. The Bertz CT molecular complexity index is 534. The zero-order valence-electron chi connectivity index (χ0n) is 10.6. The summed E-state index contributed by atoms with van der Waals surface area (Å²) in [6, 6.07) is 4.19. The zero-order chi connectivity index (χ0) is 12.4. The van der Waals surface area contributed by atoms with Gasteiger partial charge in [-0.15, -0.1) is 0 Å². The first kappa shape index (κ1) is 12.0. The van der Waals surface area contributed by atoms with Crippen molar-refractivity contribution in [1.29, 1.82) is 0 Å². The number of aryl methyl sites for hydroxylation is 3. The summed E-state index contributed by atoms with van der Waals surface area (Å²) in [5.41, 5.74) is 3.59. The van der Waals surface area contributed by atoms with Crippen LogP contribution in [0.15, 0.2) is 12.1 Å². The highest BCUT2D eigenvalue weighted by Crippen LogP contribution is 2.29. The van der Waals surface area contributed by atoms with Gasteiger partial charge in [-0.1, -0.05) is 13.0 Å². The van der Waals surface area contributed by atoms with Gasteiger partial charge in [0.1, 0.15) is 11.6 Å². The standard InChI is InChI=1S/C13H16N2OS/c1-5-12-14-13(17-15-12)16-11-7-8(2)6-9(3)10(11)4/h6-7H,5H2,1-4H3. The molecule has 0 unspecified atom stereocenters. The van der Waals surface area contributed by atoms with Crippen molar-refractivity contribution in [1.82, 2.24) is 9.36 Å². The molecule has 4 heteroatoms. The minimum atomic E-state index is 0.620. The lowest BCUT2D eigenvalue weighted by Crippen LogP contribution is -1.91. The minimum Gasteiger partial charge on any atom is -0.430 e. The van der Waals surface area contributed by atoms with Crippen LogP contribution in [0.25, 0.3) is 0 Å². The maximum atomic E-state index is 5.80. The average molecular weight is 248 g/mol. The highest BCUT2D eigenvalue weighted by molar-refractivity contribution is 7.07. The predicted octanol–water partition coefficient (Wildman–Crippen LogP) is 3.82. The minimum absolute atomic E-state index is 0.620. The Labute approximate surface area is 106 Å². The van der Waals surface area contributed by atoms with Crippen LogP contribution in [0.3, 0.4) is 0 Å². The third-order valence-electron chi connectivity index (χ3n) is 2.73. The highest BCUT2D eigenvalue weighted by Gasteiger charge is 2.08. The first-order valence-electron chi connectivity index (χ1n) is 5.68. The molecule has 0 radical (unpaired) electrons. The number of hydrogen-bond donors (Lipinski definition) is 0. The fourth-order valence-electron chi connectivity index (χ4n) is 1.62. The summed E-state index contributed by atoms with van der Waals surface area (Å²) in [6.07, 6.45) is 0.839. The third-order valence-corrected chi connectivity index (χ3v) is 3.36. The molecule has 0 aliphatic rings. The van der Waals surface area contributed by atoms with Crippen LogP contribution in [0.5, 0.6) is 10.9 Å². The molecule has 0 N–H and O–H groups in total. The number of ether oxygens (including phenoxy) is 1. The smallest absolute Gasteiger partial charge is 0.298 e. The van der Waals surface area contributed by atoms with Crippen LogP contribution < -0.4 is 4.74 Å². The Kier molecular flexibility index (Phi) is 3.43. The van der Waals surface area contributed by atoms with E-state index in [1.807, 2.05) is 13.0 Å². The Morgan fingerprint density at radius 3 is 2.65 bits per heavy atom. The van der Waals surface area contributed by atoms with Crippen molar-refractivity contribution in [2.24, 2.45) is 0 Å². The van der Waals surface area contributed by atoms with Gasteiger partial charge in [0.05, 0.1) is 0 Å². The van der Waals surface area contributed by atoms with Gasteiger partial charge in [0.25, 0.3) is 5.19 Å². The van der Waals surface area contributed by atoms with Crippen LogP contribution in [0, 0.1) is 20.8 Å². The monoisotopic (exact) mass is 248 g/mol. The molecule has 0 amide bonds. The molecule has 2 rings (SSSR count). The summed E-state index contributed by atoms with van der Waals surface area (Å²) in [7, 11) is 0. The van der Waals surface area contributed by atoms with E-state index in [2.05, 4.69) is 36.2 Å². The molecule has 0 aliphatic heterocycles. The first-order chi connectivity index (χ1) is 8.10. The quantitative estimate of drug-likeness (QED) is 0.828. The topological polar surface area (TPSA) is 35.0 Å². The van der Waals surface area contributed by atoms with Crippen molar-refractivity contribution < 1.29 is 4.74 Å². The van der Waals surface area contributed by atoms with E-state index in [9.17, 15) is 0 Å². The fourth-order valence-corrected chi connectivity index (χ4v) is 2.25. The SMILES string of the molecule is CCc1nsc(Oc2cc(C)cc(C)c2C)n1. The van der Waals surface area contributed by atoms with Gasteiger partial charge < -0.3 is 4.74 Å². The molecule has 1 aromatic heterocycles. The molecule has 0 saturated heterocycles. The molecule has 90 valence electrons. The second-order valence-electron chi connectivity index (χ2n) is 4.14. The van der Waals surface area contributed by atoms with Crippen molar-refractivity contribution >= 4 is 11.5 Å². The van der Waals surface area contributed by atoms with E-state index in [1.165, 1.54) is 22.7 Å². The summed E-state index contributed by atoms with van der Waals surface area (Å²) in [4.78, 5) is 4.31. The summed E-state index contributed by atoms with van der Waals surface area (Å²) < 4.78 is 10.0. The van der Waals surface area contributed by atoms with Crippen LogP contribution in [0.2, 0.25) is 0 Å². The van der Waals surface area contributed by atoms with E-state index < -0.39 is 0 Å². The van der Waals surface area contributed by atoms with Gasteiger partial charge in [0.2, 0.25) is 0 Å². The Balaban J connectivity index is 2.29. The van der Waals surface area contributed by atoms with Gasteiger partial charge in [-0.2, -0.15) is 9.36 Å². The van der Waals surface area contributed by atoms with Crippen LogP contribution in [-0.2, 0) is 6.42 Å². The summed E-state index contributed by atoms with van der Waals surface area (Å²) in [5.74, 6) is 1.72. The van der Waals surface area contributed by atoms with E-state index in [4.69, 9.17) is 4.74 Å². The van der Waals surface area contributed by atoms with Gasteiger partial charge in [-0.05, 0) is 43.5 Å². The number of hydrogen-bond acceptors (Lipinski definition) is 4. The largest absolute Gasteiger partial charge is 0.430 e. The Morgan fingerprint density at radius 1 is 1.24 bits per heavy atom. The van der Waals surface area contributed by atoms with Crippen LogP contribution in [-0.4, -0.2) is 9.36 Å². The lowest BCUT2D eigenvalue weighted by Gasteiger charge is -2.09. The maximum Gasteiger partial charge on any atom is 0.298 e. The van der Waals surface area contributed by atoms with Gasteiger partial charge in [-0.25, -0.2) is 0 Å². The average Bonchev–Trinajstić information content (AvgIpc) is 2.73. The van der Waals surface area contributed by atoms with E-state index in [0.29, 0.717) is 5.19 Å². The zero-order valence-corrected chi connectivity index (χ0v) is 11.4. The molecule has 1 aromatic carbocycles. The Hall–Kier alpha value is -1.42. The maximum absolute atomic E-state index is 5.80. The molecule has 0 saturated carbocycles. The molecule has 0 atom stereocenters. The van der Waals surface area contributed by atoms with Crippen molar-refractivity contribution in [3.8, 4) is 10.9 Å². The van der Waals surface area contributed by atoms with Gasteiger partial charge in [-0.3, -0.25) is 0 Å². The number of rotatable bonds is 3. The number of nitrogens with zero attached hydrogens (tertiary/aromatic N) is 2. The Morgan fingerprint density at radius 2 is 2.00 bits per heavy atom. The molecular formula is C13H16N2OS. The molecule has 0 bridgehead atoms. The van der Waals surface area contributed by atoms with Gasteiger partial charge >= 0.3 is 0 Å². The molecule has 0 spiro atoms. The van der Waals surface area contributed by atoms with E-state index in [1.54, 1.807) is 0 Å². The number of aromatic nitrogens is 2. The van der Waals surface area contributed by atoms with Crippen molar-refractivity contribution in [3.63, 3.8) is 0 Å². The van der Waals surface area contributed by atoms with Crippen LogP contribution in [0.4, 0.5) is 0 Å². The van der Waals surface area contributed by atoms with Gasteiger partial charge in [0.15, 0.2) is 0 Å². The second-order valence-corrected chi connectivity index (χ2v) is 4.85. The third kappa shape index (κ3) is 2.64. The van der Waals surface area contributed by atoms with Crippen LogP contribution >= 0.6 is 11.5 Å². The lowest BCUT2D eigenvalue weighted by molar-refractivity contribution is 0.472. The number of benzene rings is 1. The summed E-state index contributed by atoms with van der Waals surface area (Å²) in [6.45, 7) is 8.25. The normalized spacial score (nSPS) is 10.6. The van der Waals surface area contributed by atoms with E-state index >= 15 is 0 Å². The highest BCUT2D eigenvalue weighted by atomic mass is 32.1. The van der Waals surface area contributed by atoms with Crippen molar-refractivity contribution in [3.05, 3.63) is 34.6 Å². The fraction of sp³-hybridized carbons (Fsp3) is 0.385. The van der Waals surface area contributed by atoms with E-state index in [-0.39, 0.29) is 0 Å². The molecule has 3 nitrogen and oxygen atoms in total. The predicted molar refractivity (Wildman–Crippen MR) is 70.0 cm³/mol. The second kappa shape index (κ2) is 4.84. The van der Waals surface area contributed by atoms with Crippen molar-refractivity contribution in [2.75, 3.05) is 0 Å². The molecule has 1 heterocycles. The van der Waals surface area contributed by atoms with Crippen molar-refractivity contribution in [2.45, 2.75) is 34.1 Å². The van der Waals surface area contributed by atoms with Crippen LogP contribution in [0.1, 0.15) is 29.4 Å². The molecule has 2 aromatic rings. The lowest BCUT2D eigenvalue weighted by atomic mass is 10.1. The summed E-state index contributed by atoms with van der Waals surface area (Å²) >= 11 is 1.31. The van der Waals surface area contributed by atoms with E-state index in [0.717, 1.165) is 23.6 Å². The molecular weight excluding hydrogens is 232 g/mol. The molecule has 0 fully saturated rings. The molecule has 0 aliphatic carbocycles. The van der Waals surface area contributed by atoms with Gasteiger partial charge in [0, 0.05) is 18.0 Å². The first-order valence-corrected chi connectivity index (χ1v) is 6.45. The summed E-state index contributed by atoms with van der Waals surface area (Å²) in [5, 5.41) is 0.620.